The monoisotopic (exact) mass is 389 g/mol. The minimum Gasteiger partial charge on any atom is -0.383 e. The molecule has 0 saturated heterocycles. The number of ether oxygens (including phenoxy) is 1. The highest BCUT2D eigenvalue weighted by molar-refractivity contribution is 7.89. The Bertz CT molecular complexity index is 883. The molecule has 1 aromatic heterocycles. The minimum atomic E-state index is -3.69. The number of carbonyl (C=O) groups is 1. The number of hydrogen-bond donors (Lipinski definition) is 1. The average Bonchev–Trinajstić information content (AvgIpc) is 3.52. The number of rotatable bonds is 9. The summed E-state index contributed by atoms with van der Waals surface area (Å²) in [5.41, 5.74) is 1.16. The fourth-order valence-corrected chi connectivity index (χ4v) is 3.80. The predicted octanol–water partition coefficient (Wildman–Crippen LogP) is 1.81. The summed E-state index contributed by atoms with van der Waals surface area (Å²) in [5.74, 6) is -0.183. The summed E-state index contributed by atoms with van der Waals surface area (Å²) >= 11 is 0. The van der Waals surface area contributed by atoms with Crippen LogP contribution < -0.4 is 4.72 Å². The molecule has 1 N–H and O–H groups in total. The zero-order valence-corrected chi connectivity index (χ0v) is 16.0. The van der Waals surface area contributed by atoms with E-state index in [9.17, 15) is 13.2 Å². The first-order valence-corrected chi connectivity index (χ1v) is 10.3. The molecule has 1 aromatic carbocycles. The van der Waals surface area contributed by atoms with E-state index in [1.165, 1.54) is 19.2 Å². The molecule has 0 radical (unpaired) electrons. The first-order chi connectivity index (χ1) is 13.0. The Kier molecular flexibility index (Phi) is 6.20. The molecule has 0 aliphatic heterocycles. The van der Waals surface area contributed by atoms with E-state index in [-0.39, 0.29) is 30.0 Å². The van der Waals surface area contributed by atoms with Crippen LogP contribution in [-0.2, 0) is 21.3 Å². The van der Waals surface area contributed by atoms with Gasteiger partial charge in [0.05, 0.1) is 23.7 Å². The van der Waals surface area contributed by atoms with Crippen molar-refractivity contribution < 1.29 is 17.9 Å². The highest BCUT2D eigenvalue weighted by Gasteiger charge is 2.33. The first kappa shape index (κ1) is 19.5. The summed E-state index contributed by atoms with van der Waals surface area (Å²) in [7, 11) is -2.19. The van der Waals surface area contributed by atoms with Gasteiger partial charge in [-0.05, 0) is 43.2 Å². The Hall–Kier alpha value is -2.29. The van der Waals surface area contributed by atoms with Gasteiger partial charge in [0.1, 0.15) is 0 Å². The molecule has 3 rings (SSSR count). The lowest BCUT2D eigenvalue weighted by molar-refractivity contribution is 0.0727. The lowest BCUT2D eigenvalue weighted by Crippen LogP contribution is -2.33. The van der Waals surface area contributed by atoms with Gasteiger partial charge in [-0.25, -0.2) is 13.1 Å². The number of carbonyl (C=O) groups excluding carboxylic acids is 1. The molecule has 1 amide bonds. The Morgan fingerprint density at radius 2 is 2.07 bits per heavy atom. The molecule has 8 heteroatoms. The minimum absolute atomic E-state index is 0.0676. The molecule has 0 bridgehead atoms. The second-order valence-electron chi connectivity index (χ2n) is 6.40. The maximum Gasteiger partial charge on any atom is 0.254 e. The normalized spacial score (nSPS) is 14.1. The van der Waals surface area contributed by atoms with Crippen LogP contribution in [0.25, 0.3) is 0 Å². The molecule has 1 aliphatic carbocycles. The van der Waals surface area contributed by atoms with Crippen molar-refractivity contribution in [2.75, 3.05) is 20.3 Å². The second kappa shape index (κ2) is 8.60. The van der Waals surface area contributed by atoms with Crippen LogP contribution in [-0.4, -0.2) is 50.5 Å². The summed E-state index contributed by atoms with van der Waals surface area (Å²) < 4.78 is 32.1. The third-order valence-corrected chi connectivity index (χ3v) is 5.76. The molecule has 2 aromatic rings. The first-order valence-electron chi connectivity index (χ1n) is 8.81. The van der Waals surface area contributed by atoms with Gasteiger partial charge in [-0.15, -0.1) is 0 Å². The van der Waals surface area contributed by atoms with Crippen molar-refractivity contribution >= 4 is 15.9 Å². The van der Waals surface area contributed by atoms with E-state index in [4.69, 9.17) is 4.74 Å². The lowest BCUT2D eigenvalue weighted by Gasteiger charge is -2.22. The van der Waals surface area contributed by atoms with Gasteiger partial charge < -0.3 is 9.64 Å². The van der Waals surface area contributed by atoms with E-state index in [1.54, 1.807) is 23.2 Å². The topological polar surface area (TPSA) is 88.6 Å². The standard InChI is InChI=1S/C19H23N3O4S/c1-26-12-11-21-27(24,25)18-7-4-5-15(13-18)19(23)22(17-8-9-17)14-16-6-2-3-10-20-16/h2-7,10,13,17,21H,8-9,11-12,14H2,1H3. The van der Waals surface area contributed by atoms with Crippen molar-refractivity contribution in [2.45, 2.75) is 30.3 Å². The highest BCUT2D eigenvalue weighted by atomic mass is 32.2. The van der Waals surface area contributed by atoms with Crippen LogP contribution in [0.4, 0.5) is 0 Å². The molecule has 1 heterocycles. The van der Waals surface area contributed by atoms with E-state index in [0.717, 1.165) is 18.5 Å². The number of nitrogens with one attached hydrogen (secondary N) is 1. The number of benzene rings is 1. The molecule has 144 valence electrons. The number of amides is 1. The summed E-state index contributed by atoms with van der Waals surface area (Å²) in [6, 6.07) is 11.9. The van der Waals surface area contributed by atoms with Crippen LogP contribution in [0, 0.1) is 0 Å². The van der Waals surface area contributed by atoms with Crippen molar-refractivity contribution in [3.05, 3.63) is 59.9 Å². The fourth-order valence-electron chi connectivity index (χ4n) is 2.74. The largest absolute Gasteiger partial charge is 0.383 e. The van der Waals surface area contributed by atoms with Gasteiger partial charge in [-0.3, -0.25) is 9.78 Å². The van der Waals surface area contributed by atoms with E-state index in [1.807, 2.05) is 18.2 Å². The predicted molar refractivity (Wildman–Crippen MR) is 101 cm³/mol. The Morgan fingerprint density at radius 3 is 2.74 bits per heavy atom. The number of methoxy groups -OCH3 is 1. The van der Waals surface area contributed by atoms with Crippen LogP contribution in [0.2, 0.25) is 0 Å². The molecule has 1 aliphatic rings. The van der Waals surface area contributed by atoms with E-state index in [2.05, 4.69) is 9.71 Å². The Labute approximate surface area is 159 Å². The number of sulfonamides is 1. The SMILES string of the molecule is COCCNS(=O)(=O)c1cccc(C(=O)N(Cc2ccccn2)C2CC2)c1. The van der Waals surface area contributed by atoms with Crippen molar-refractivity contribution in [1.29, 1.82) is 0 Å². The van der Waals surface area contributed by atoms with Gasteiger partial charge in [0, 0.05) is 31.5 Å². The fraction of sp³-hybridized carbons (Fsp3) is 0.368. The van der Waals surface area contributed by atoms with Crippen molar-refractivity contribution in [3.8, 4) is 0 Å². The maximum absolute atomic E-state index is 13.0. The molecule has 7 nitrogen and oxygen atoms in total. The van der Waals surface area contributed by atoms with Crippen molar-refractivity contribution in [3.63, 3.8) is 0 Å². The van der Waals surface area contributed by atoms with Crippen LogP contribution in [0.5, 0.6) is 0 Å². The van der Waals surface area contributed by atoms with Gasteiger partial charge in [-0.1, -0.05) is 12.1 Å². The van der Waals surface area contributed by atoms with E-state index >= 15 is 0 Å². The molecule has 1 fully saturated rings. The third kappa shape index (κ3) is 5.12. The summed E-state index contributed by atoms with van der Waals surface area (Å²) in [5, 5.41) is 0. The zero-order valence-electron chi connectivity index (χ0n) is 15.2. The van der Waals surface area contributed by atoms with Gasteiger partial charge >= 0.3 is 0 Å². The lowest BCUT2D eigenvalue weighted by atomic mass is 10.2. The smallest absolute Gasteiger partial charge is 0.254 e. The second-order valence-corrected chi connectivity index (χ2v) is 8.17. The van der Waals surface area contributed by atoms with Crippen molar-refractivity contribution in [2.24, 2.45) is 0 Å². The number of nitrogens with zero attached hydrogens (tertiary/aromatic N) is 2. The van der Waals surface area contributed by atoms with Gasteiger partial charge in [-0.2, -0.15) is 0 Å². The molecular formula is C19H23N3O4S. The molecule has 0 spiro atoms. The van der Waals surface area contributed by atoms with Crippen LogP contribution in [0.1, 0.15) is 28.9 Å². The molecule has 27 heavy (non-hydrogen) atoms. The summed E-state index contributed by atoms with van der Waals surface area (Å²) in [4.78, 5) is 19.2. The van der Waals surface area contributed by atoms with Crippen LogP contribution in [0.3, 0.4) is 0 Å². The van der Waals surface area contributed by atoms with E-state index in [0.29, 0.717) is 12.1 Å². The van der Waals surface area contributed by atoms with Crippen molar-refractivity contribution in [1.82, 2.24) is 14.6 Å². The van der Waals surface area contributed by atoms with Crippen LogP contribution >= 0.6 is 0 Å². The summed E-state index contributed by atoms with van der Waals surface area (Å²) in [6.45, 7) is 0.857. The van der Waals surface area contributed by atoms with E-state index < -0.39 is 10.0 Å². The van der Waals surface area contributed by atoms with Crippen LogP contribution in [0.15, 0.2) is 53.6 Å². The molecule has 0 unspecified atom stereocenters. The molecule has 1 saturated carbocycles. The van der Waals surface area contributed by atoms with Gasteiger partial charge in [0.15, 0.2) is 0 Å². The molecule has 0 atom stereocenters. The maximum atomic E-state index is 13.0. The Morgan fingerprint density at radius 1 is 1.26 bits per heavy atom. The number of pyridine rings is 1. The number of aromatic nitrogens is 1. The number of hydrogen-bond acceptors (Lipinski definition) is 5. The average molecular weight is 389 g/mol. The van der Waals surface area contributed by atoms with Gasteiger partial charge in [0.2, 0.25) is 10.0 Å². The third-order valence-electron chi connectivity index (χ3n) is 4.30. The molecular weight excluding hydrogens is 366 g/mol. The van der Waals surface area contributed by atoms with Gasteiger partial charge in [0.25, 0.3) is 5.91 Å². The summed E-state index contributed by atoms with van der Waals surface area (Å²) in [6.07, 6.45) is 3.61. The zero-order chi connectivity index (χ0) is 19.3. The quantitative estimate of drug-likeness (QED) is 0.661. The highest BCUT2D eigenvalue weighted by Crippen LogP contribution is 2.30. The Balaban J connectivity index is 1.79.